The van der Waals surface area contributed by atoms with Crippen LogP contribution in [0.2, 0.25) is 0 Å². The zero-order chi connectivity index (χ0) is 22.8. The third kappa shape index (κ3) is 4.43. The Labute approximate surface area is 173 Å². The summed E-state index contributed by atoms with van der Waals surface area (Å²) in [5.74, 6) is 0.964. The van der Waals surface area contributed by atoms with Gasteiger partial charge in [0.15, 0.2) is 5.75 Å². The van der Waals surface area contributed by atoms with Gasteiger partial charge >= 0.3 is 12.1 Å². The van der Waals surface area contributed by atoms with Crippen LogP contribution in [0.5, 0.6) is 5.75 Å². The first-order valence-corrected chi connectivity index (χ1v) is 8.74. The van der Waals surface area contributed by atoms with Gasteiger partial charge in [-0.15, -0.1) is 6.42 Å². The van der Waals surface area contributed by atoms with Gasteiger partial charge < -0.3 is 14.8 Å². The largest absolute Gasteiger partial charge is 0.491 e. The van der Waals surface area contributed by atoms with Crippen molar-refractivity contribution in [1.29, 1.82) is 0 Å². The fraction of sp³-hybridized carbons (Fsp3) is 0.136. The molecule has 0 radical (unpaired) electrons. The van der Waals surface area contributed by atoms with Crippen molar-refractivity contribution < 1.29 is 27.4 Å². The summed E-state index contributed by atoms with van der Waals surface area (Å²) in [6.07, 6.45) is 0.372. The normalized spacial score (nSPS) is 11.1. The summed E-state index contributed by atoms with van der Waals surface area (Å²) < 4.78 is 50.4. The molecule has 0 saturated heterocycles. The van der Waals surface area contributed by atoms with Gasteiger partial charge in [0, 0.05) is 11.3 Å². The van der Waals surface area contributed by atoms with Gasteiger partial charge in [0.1, 0.15) is 12.3 Å². The lowest BCUT2D eigenvalue weighted by atomic mass is 10.1. The topological polar surface area (TPSA) is 81.7 Å². The summed E-state index contributed by atoms with van der Waals surface area (Å²) in [4.78, 5) is 35.3. The number of carbonyl (C=O) groups excluding carboxylic acids is 1. The lowest BCUT2D eigenvalue weighted by molar-refractivity contribution is -0.138. The van der Waals surface area contributed by atoms with E-state index in [1.54, 1.807) is 24.3 Å². The predicted molar refractivity (Wildman–Crippen MR) is 106 cm³/mol. The number of alkyl halides is 3. The average Bonchev–Trinajstić information content (AvgIpc) is 2.76. The number of halogens is 3. The van der Waals surface area contributed by atoms with Crippen LogP contribution in [0.3, 0.4) is 0 Å². The van der Waals surface area contributed by atoms with Gasteiger partial charge in [0.05, 0.1) is 18.2 Å². The molecule has 0 aromatic heterocycles. The quantitative estimate of drug-likeness (QED) is 0.368. The molecular weight excluding hydrogens is 415 g/mol. The molecular formula is C22H14F3NO5. The summed E-state index contributed by atoms with van der Waals surface area (Å²) >= 11 is 0. The number of esters is 1. The molecule has 0 bridgehead atoms. The van der Waals surface area contributed by atoms with E-state index in [0.717, 1.165) is 19.2 Å². The second-order valence-electron chi connectivity index (χ2n) is 6.37. The highest BCUT2D eigenvalue weighted by Gasteiger charge is 2.36. The molecule has 9 heteroatoms. The standard InChI is InChI=1S/C22H14F3NO5/c1-3-12-4-6-13(7-5-12)11-31-21(29)15-9-8-14(10-16(15)22(23,24)25)26-17-18(27)19(28)20(17)30-2/h1,4-10,26H,11H2,2H3. The van der Waals surface area contributed by atoms with E-state index in [1.165, 1.54) is 0 Å². The van der Waals surface area contributed by atoms with Crippen molar-refractivity contribution in [2.45, 2.75) is 12.8 Å². The molecule has 0 heterocycles. The Morgan fingerprint density at radius 3 is 2.35 bits per heavy atom. The molecule has 0 amide bonds. The molecule has 0 fully saturated rings. The maximum atomic E-state index is 13.5. The average molecular weight is 429 g/mol. The van der Waals surface area contributed by atoms with E-state index in [-0.39, 0.29) is 23.7 Å². The van der Waals surface area contributed by atoms with Gasteiger partial charge in [0.25, 0.3) is 10.9 Å². The van der Waals surface area contributed by atoms with Crippen LogP contribution in [-0.4, -0.2) is 13.1 Å². The molecule has 158 valence electrons. The zero-order valence-electron chi connectivity index (χ0n) is 16.0. The number of benzene rings is 2. The first kappa shape index (κ1) is 21.6. The summed E-state index contributed by atoms with van der Waals surface area (Å²) in [6, 6.07) is 9.14. The molecule has 0 unspecified atom stereocenters. The van der Waals surface area contributed by atoms with E-state index in [0.29, 0.717) is 17.2 Å². The van der Waals surface area contributed by atoms with Gasteiger partial charge in [-0.1, -0.05) is 18.1 Å². The zero-order valence-corrected chi connectivity index (χ0v) is 16.0. The van der Waals surface area contributed by atoms with Crippen LogP contribution in [0.1, 0.15) is 27.0 Å². The second kappa shape index (κ2) is 8.36. The Hall–Kier alpha value is -4.06. The van der Waals surface area contributed by atoms with E-state index in [1.807, 2.05) is 0 Å². The van der Waals surface area contributed by atoms with E-state index < -0.39 is 34.1 Å². The van der Waals surface area contributed by atoms with E-state index in [9.17, 15) is 27.6 Å². The molecule has 3 rings (SSSR count). The Kier molecular flexibility index (Phi) is 5.83. The summed E-state index contributed by atoms with van der Waals surface area (Å²) in [7, 11) is 1.15. The molecule has 1 N–H and O–H groups in total. The fourth-order valence-electron chi connectivity index (χ4n) is 2.78. The number of hydrogen-bond acceptors (Lipinski definition) is 6. The van der Waals surface area contributed by atoms with Gasteiger partial charge in [-0.2, -0.15) is 13.2 Å². The van der Waals surface area contributed by atoms with Crippen LogP contribution in [0.25, 0.3) is 0 Å². The highest BCUT2D eigenvalue weighted by molar-refractivity contribution is 5.92. The van der Waals surface area contributed by atoms with Crippen molar-refractivity contribution in [3.05, 3.63) is 85.2 Å². The lowest BCUT2D eigenvalue weighted by Crippen LogP contribution is -2.34. The number of methoxy groups -OCH3 is 1. The molecule has 0 saturated carbocycles. The monoisotopic (exact) mass is 429 g/mol. The maximum Gasteiger partial charge on any atom is 0.417 e. The fourth-order valence-corrected chi connectivity index (χ4v) is 2.78. The molecule has 3 aromatic carbocycles. The molecule has 31 heavy (non-hydrogen) atoms. The number of nitrogens with one attached hydrogen (secondary N) is 1. The van der Waals surface area contributed by atoms with Crippen LogP contribution in [-0.2, 0) is 17.5 Å². The minimum absolute atomic E-state index is 0.154. The SMILES string of the molecule is C#Cc1ccc(COC(=O)c2ccc(Nc3c(OC)c(=O)c3=O)cc2C(F)(F)F)cc1. The smallest absolute Gasteiger partial charge is 0.417 e. The van der Waals surface area contributed by atoms with Crippen molar-refractivity contribution in [3.8, 4) is 18.1 Å². The summed E-state index contributed by atoms with van der Waals surface area (Å²) in [5.41, 5.74) is -3.01. The van der Waals surface area contributed by atoms with Crippen LogP contribution in [0.15, 0.2) is 52.1 Å². The predicted octanol–water partition coefficient (Wildman–Crippen LogP) is 3.39. The highest BCUT2D eigenvalue weighted by atomic mass is 19.4. The van der Waals surface area contributed by atoms with Gasteiger partial charge in [-0.05, 0) is 35.9 Å². The molecule has 0 atom stereocenters. The molecule has 0 aliphatic carbocycles. The highest BCUT2D eigenvalue weighted by Crippen LogP contribution is 2.35. The first-order chi connectivity index (χ1) is 14.7. The number of ether oxygens (including phenoxy) is 2. The number of hydrogen-bond donors (Lipinski definition) is 1. The minimum atomic E-state index is -4.88. The van der Waals surface area contributed by atoms with Crippen LogP contribution in [0, 0.1) is 12.3 Å². The van der Waals surface area contributed by atoms with E-state index >= 15 is 0 Å². The number of carbonyl (C=O) groups is 1. The van der Waals surface area contributed by atoms with E-state index in [2.05, 4.69) is 11.2 Å². The van der Waals surface area contributed by atoms with Crippen molar-refractivity contribution >= 4 is 17.3 Å². The molecule has 3 aromatic rings. The molecule has 6 nitrogen and oxygen atoms in total. The molecule has 0 aliphatic heterocycles. The van der Waals surface area contributed by atoms with Crippen molar-refractivity contribution in [2.75, 3.05) is 12.4 Å². The Morgan fingerprint density at radius 2 is 1.77 bits per heavy atom. The maximum absolute atomic E-state index is 13.5. The minimum Gasteiger partial charge on any atom is -0.491 e. The van der Waals surface area contributed by atoms with Gasteiger partial charge in [-0.3, -0.25) is 9.59 Å². The van der Waals surface area contributed by atoms with Gasteiger partial charge in [-0.25, -0.2) is 4.79 Å². The Bertz CT molecular complexity index is 1250. The summed E-state index contributed by atoms with van der Waals surface area (Å²) in [5, 5.41) is 2.42. The molecule has 0 spiro atoms. The third-order valence-electron chi connectivity index (χ3n) is 4.38. The third-order valence-corrected chi connectivity index (χ3v) is 4.38. The summed E-state index contributed by atoms with van der Waals surface area (Å²) in [6.45, 7) is -0.248. The lowest BCUT2D eigenvalue weighted by Gasteiger charge is -2.16. The van der Waals surface area contributed by atoms with Crippen molar-refractivity contribution in [1.82, 2.24) is 0 Å². The number of rotatable bonds is 6. The van der Waals surface area contributed by atoms with Gasteiger partial charge in [0.2, 0.25) is 0 Å². The number of anilines is 2. The van der Waals surface area contributed by atoms with Crippen molar-refractivity contribution in [2.24, 2.45) is 0 Å². The van der Waals surface area contributed by atoms with Crippen LogP contribution < -0.4 is 20.9 Å². The van der Waals surface area contributed by atoms with Crippen LogP contribution in [0.4, 0.5) is 24.5 Å². The number of terminal acetylenes is 1. The first-order valence-electron chi connectivity index (χ1n) is 8.74. The Balaban J connectivity index is 1.83. The second-order valence-corrected chi connectivity index (χ2v) is 6.37. The molecule has 0 aliphatic rings. The van der Waals surface area contributed by atoms with Crippen molar-refractivity contribution in [3.63, 3.8) is 0 Å². The van der Waals surface area contributed by atoms with Crippen LogP contribution >= 0.6 is 0 Å². The Morgan fingerprint density at radius 1 is 1.10 bits per heavy atom. The van der Waals surface area contributed by atoms with E-state index in [4.69, 9.17) is 15.9 Å².